The van der Waals surface area contributed by atoms with Gasteiger partial charge in [-0.05, 0) is 18.8 Å². The summed E-state index contributed by atoms with van der Waals surface area (Å²) in [6, 6.07) is 0. The van der Waals surface area contributed by atoms with Gasteiger partial charge in [-0.2, -0.15) is 0 Å². The van der Waals surface area contributed by atoms with E-state index >= 15 is 0 Å². The first-order valence-corrected chi connectivity index (χ1v) is 6.50. The molecule has 0 aromatic carbocycles. The number of methoxy groups -OCH3 is 1. The van der Waals surface area contributed by atoms with E-state index < -0.39 is 11.2 Å². The van der Waals surface area contributed by atoms with Crippen molar-refractivity contribution in [1.29, 1.82) is 0 Å². The van der Waals surface area contributed by atoms with Crippen molar-refractivity contribution in [3.63, 3.8) is 0 Å². The molecule has 0 spiro atoms. The van der Waals surface area contributed by atoms with Gasteiger partial charge in [0.05, 0.1) is 11.2 Å². The van der Waals surface area contributed by atoms with Gasteiger partial charge >= 0.3 is 6.09 Å². The second-order valence-corrected chi connectivity index (χ2v) is 6.57. The first-order valence-electron chi connectivity index (χ1n) is 6.50. The molecular formula is C13H21NO4. The van der Waals surface area contributed by atoms with Crippen LogP contribution in [-0.2, 0) is 9.47 Å². The van der Waals surface area contributed by atoms with Crippen LogP contribution in [0.15, 0.2) is 0 Å². The smallest absolute Gasteiger partial charge is 0.409 e. The molecule has 1 amide bonds. The van der Waals surface area contributed by atoms with Gasteiger partial charge in [-0.15, -0.1) is 0 Å². The molecule has 4 unspecified atom stereocenters. The van der Waals surface area contributed by atoms with Crippen LogP contribution in [0.25, 0.3) is 0 Å². The summed E-state index contributed by atoms with van der Waals surface area (Å²) in [5, 5.41) is 10.6. The molecule has 4 aliphatic rings. The van der Waals surface area contributed by atoms with E-state index in [1.54, 1.807) is 21.2 Å². The van der Waals surface area contributed by atoms with E-state index in [1.165, 1.54) is 4.90 Å². The third kappa shape index (κ3) is 1.50. The van der Waals surface area contributed by atoms with Crippen LogP contribution in [0.4, 0.5) is 4.79 Å². The minimum absolute atomic E-state index is 0.278. The maximum atomic E-state index is 11.8. The third-order valence-electron chi connectivity index (χ3n) is 4.97. The monoisotopic (exact) mass is 255 g/mol. The van der Waals surface area contributed by atoms with Gasteiger partial charge in [0.15, 0.2) is 0 Å². The van der Waals surface area contributed by atoms with E-state index in [2.05, 4.69) is 0 Å². The Bertz CT molecular complexity index is 398. The number of rotatable bonds is 2. The Morgan fingerprint density at radius 3 is 2.56 bits per heavy atom. The zero-order chi connectivity index (χ0) is 13.2. The van der Waals surface area contributed by atoms with Crippen LogP contribution in [0.5, 0.6) is 0 Å². The molecule has 5 nitrogen and oxygen atoms in total. The molecular weight excluding hydrogens is 234 g/mol. The molecule has 4 aliphatic carbocycles. The molecule has 0 aromatic heterocycles. The van der Waals surface area contributed by atoms with Crippen LogP contribution in [0.2, 0.25) is 0 Å². The first-order chi connectivity index (χ1) is 8.32. The molecule has 4 bridgehead atoms. The highest BCUT2D eigenvalue weighted by atomic mass is 16.6. The predicted molar refractivity (Wildman–Crippen MR) is 64.2 cm³/mol. The fourth-order valence-electron chi connectivity index (χ4n) is 4.52. The molecule has 1 N–H and O–H groups in total. The van der Waals surface area contributed by atoms with Gasteiger partial charge in [0.1, 0.15) is 5.60 Å². The second kappa shape index (κ2) is 3.39. The van der Waals surface area contributed by atoms with Crippen molar-refractivity contribution in [2.45, 2.75) is 48.9 Å². The third-order valence-corrected chi connectivity index (χ3v) is 4.97. The quantitative estimate of drug-likeness (QED) is 0.804. The lowest BCUT2D eigenvalue weighted by molar-refractivity contribution is -0.135. The molecule has 0 radical (unpaired) electrons. The van der Waals surface area contributed by atoms with Crippen LogP contribution < -0.4 is 0 Å². The van der Waals surface area contributed by atoms with Gasteiger partial charge in [-0.25, -0.2) is 4.79 Å². The van der Waals surface area contributed by atoms with E-state index in [0.717, 1.165) is 19.3 Å². The number of hydrogen-bond donors (Lipinski definition) is 1. The fourth-order valence-corrected chi connectivity index (χ4v) is 4.52. The summed E-state index contributed by atoms with van der Waals surface area (Å²) >= 11 is 0. The predicted octanol–water partition coefficient (Wildman–Crippen LogP) is 1.15. The molecule has 0 saturated heterocycles. The molecule has 4 rings (SSSR count). The van der Waals surface area contributed by atoms with Crippen molar-refractivity contribution in [3.8, 4) is 0 Å². The number of ether oxygens (including phenoxy) is 2. The number of aliphatic hydroxyl groups is 1. The van der Waals surface area contributed by atoms with E-state index in [9.17, 15) is 9.90 Å². The Labute approximate surface area is 107 Å². The van der Waals surface area contributed by atoms with E-state index in [1.807, 2.05) is 0 Å². The highest BCUT2D eigenvalue weighted by Crippen LogP contribution is 2.66. The van der Waals surface area contributed by atoms with E-state index in [0.29, 0.717) is 18.8 Å². The Kier molecular flexibility index (Phi) is 2.31. The maximum absolute atomic E-state index is 11.8. The van der Waals surface area contributed by atoms with Gasteiger partial charge in [0.2, 0.25) is 0 Å². The molecule has 18 heavy (non-hydrogen) atoms. The minimum Gasteiger partial charge on any atom is -0.443 e. The summed E-state index contributed by atoms with van der Waals surface area (Å²) in [6.45, 7) is 0. The minimum atomic E-state index is -0.705. The Balaban J connectivity index is 1.86. The summed E-state index contributed by atoms with van der Waals surface area (Å²) in [5.41, 5.74) is -1.50. The molecule has 0 aliphatic heterocycles. The van der Waals surface area contributed by atoms with Gasteiger partial charge in [-0.3, -0.25) is 0 Å². The topological polar surface area (TPSA) is 59.0 Å². The number of carbonyl (C=O) groups is 1. The van der Waals surface area contributed by atoms with Gasteiger partial charge in [0.25, 0.3) is 0 Å². The average Bonchev–Trinajstić information content (AvgIpc) is 2.58. The first kappa shape index (κ1) is 12.2. The van der Waals surface area contributed by atoms with Crippen molar-refractivity contribution in [1.82, 2.24) is 4.90 Å². The van der Waals surface area contributed by atoms with Crippen LogP contribution >= 0.6 is 0 Å². The summed E-state index contributed by atoms with van der Waals surface area (Å²) in [6.07, 6.45) is 3.24. The molecule has 0 heterocycles. The van der Waals surface area contributed by atoms with Gasteiger partial charge in [-0.1, -0.05) is 0 Å². The van der Waals surface area contributed by atoms with Crippen LogP contribution in [0, 0.1) is 5.92 Å². The summed E-state index contributed by atoms with van der Waals surface area (Å²) in [5.74, 6) is 0.316. The fraction of sp³-hybridized carbons (Fsp3) is 0.923. The number of carbonyl (C=O) groups excluding carboxylic acids is 1. The van der Waals surface area contributed by atoms with Crippen LogP contribution in [0.3, 0.4) is 0 Å². The standard InChI is InChI=1S/C13H21NO4/c1-14(2)10(15)18-12-5-9-4-11(16,6-12)7-13(9,8-12)17-3/h9,16H,4-8H2,1-3H3. The SMILES string of the molecule is COC12CC3(O)CC1CC(OC(=O)N(C)C)(C3)C2. The summed E-state index contributed by atoms with van der Waals surface area (Å²) in [4.78, 5) is 13.2. The maximum Gasteiger partial charge on any atom is 0.409 e. The lowest BCUT2D eigenvalue weighted by Crippen LogP contribution is -2.51. The Hall–Kier alpha value is -0.810. The zero-order valence-corrected chi connectivity index (χ0v) is 11.2. The summed E-state index contributed by atoms with van der Waals surface area (Å²) < 4.78 is 11.4. The number of nitrogens with zero attached hydrogens (tertiary/aromatic N) is 1. The van der Waals surface area contributed by atoms with E-state index in [4.69, 9.17) is 9.47 Å². The van der Waals surface area contributed by atoms with Crippen molar-refractivity contribution in [3.05, 3.63) is 0 Å². The lowest BCUT2D eigenvalue weighted by atomic mass is 9.74. The molecule has 5 heteroatoms. The van der Waals surface area contributed by atoms with Gasteiger partial charge < -0.3 is 19.5 Å². The highest BCUT2D eigenvalue weighted by molar-refractivity contribution is 5.67. The average molecular weight is 255 g/mol. The van der Waals surface area contributed by atoms with Crippen molar-refractivity contribution < 1.29 is 19.4 Å². The second-order valence-electron chi connectivity index (χ2n) is 6.57. The molecule has 4 atom stereocenters. The number of hydrogen-bond acceptors (Lipinski definition) is 4. The Morgan fingerprint density at radius 1 is 1.28 bits per heavy atom. The van der Waals surface area contributed by atoms with Crippen LogP contribution in [0.1, 0.15) is 32.1 Å². The zero-order valence-electron chi connectivity index (χ0n) is 11.2. The van der Waals surface area contributed by atoms with Gasteiger partial charge in [0, 0.05) is 40.5 Å². The lowest BCUT2D eigenvalue weighted by Gasteiger charge is -2.44. The van der Waals surface area contributed by atoms with Crippen molar-refractivity contribution in [2.75, 3.05) is 21.2 Å². The van der Waals surface area contributed by atoms with Crippen molar-refractivity contribution in [2.24, 2.45) is 5.92 Å². The van der Waals surface area contributed by atoms with Crippen molar-refractivity contribution >= 4 is 6.09 Å². The molecule has 102 valence electrons. The molecule has 4 saturated carbocycles. The van der Waals surface area contributed by atoms with Crippen LogP contribution in [-0.4, -0.2) is 54.1 Å². The number of amides is 1. The van der Waals surface area contributed by atoms with E-state index in [-0.39, 0.29) is 11.7 Å². The largest absolute Gasteiger partial charge is 0.443 e. The molecule has 0 aromatic rings. The highest BCUT2D eigenvalue weighted by Gasteiger charge is 2.71. The Morgan fingerprint density at radius 2 is 2.00 bits per heavy atom. The summed E-state index contributed by atoms with van der Waals surface area (Å²) in [7, 11) is 5.06. The normalized spacial score (nSPS) is 48.6. The molecule has 4 fully saturated rings.